The topological polar surface area (TPSA) is 84.5 Å². The monoisotopic (exact) mass is 530 g/mol. The van der Waals surface area contributed by atoms with Crippen LogP contribution in [0, 0.1) is 19.8 Å². The standard InChI is InChI=1S/C25H27BrN2O4S/c1-16(2)15-32-24-12-6-19(26)14-22(24)25(29)27-20-7-9-21(10-8-20)33(30,31)28-23-11-5-17(3)13-18(23)4/h5-14,16,28H,15H2,1-4H3,(H,27,29). The number of sulfonamides is 1. The van der Waals surface area contributed by atoms with Crippen LogP contribution >= 0.6 is 15.9 Å². The number of benzene rings is 3. The summed E-state index contributed by atoms with van der Waals surface area (Å²) in [4.78, 5) is 13.0. The number of rotatable bonds is 8. The van der Waals surface area contributed by atoms with Crippen molar-refractivity contribution >= 4 is 43.2 Å². The summed E-state index contributed by atoms with van der Waals surface area (Å²) >= 11 is 3.39. The van der Waals surface area contributed by atoms with Gasteiger partial charge in [0.25, 0.3) is 15.9 Å². The maximum atomic E-state index is 12.9. The van der Waals surface area contributed by atoms with Crippen LogP contribution < -0.4 is 14.8 Å². The fourth-order valence-corrected chi connectivity index (χ4v) is 4.60. The second-order valence-corrected chi connectivity index (χ2v) is 10.8. The normalized spacial score (nSPS) is 11.3. The molecule has 8 heteroatoms. The highest BCUT2D eigenvalue weighted by molar-refractivity contribution is 9.10. The number of hydrogen-bond donors (Lipinski definition) is 2. The Bertz CT molecular complexity index is 1260. The molecule has 0 aliphatic heterocycles. The molecule has 6 nitrogen and oxygen atoms in total. The van der Waals surface area contributed by atoms with Crippen molar-refractivity contribution < 1.29 is 17.9 Å². The van der Waals surface area contributed by atoms with Gasteiger partial charge in [0.05, 0.1) is 22.8 Å². The van der Waals surface area contributed by atoms with Gasteiger partial charge in [0.1, 0.15) is 5.75 Å². The summed E-state index contributed by atoms with van der Waals surface area (Å²) in [5, 5.41) is 2.80. The van der Waals surface area contributed by atoms with E-state index in [1.807, 2.05) is 45.9 Å². The molecule has 0 aliphatic carbocycles. The van der Waals surface area contributed by atoms with E-state index in [4.69, 9.17) is 4.74 Å². The van der Waals surface area contributed by atoms with Crippen molar-refractivity contribution in [3.63, 3.8) is 0 Å². The minimum atomic E-state index is -3.76. The molecule has 33 heavy (non-hydrogen) atoms. The van der Waals surface area contributed by atoms with Crippen LogP contribution in [0.25, 0.3) is 0 Å². The highest BCUT2D eigenvalue weighted by Gasteiger charge is 2.17. The predicted octanol–water partition coefficient (Wildman–Crippen LogP) is 6.15. The first-order chi connectivity index (χ1) is 15.5. The molecule has 0 saturated carbocycles. The Morgan fingerprint density at radius 1 is 1.00 bits per heavy atom. The zero-order valence-corrected chi connectivity index (χ0v) is 21.4. The molecule has 0 aliphatic rings. The molecule has 0 aromatic heterocycles. The number of nitrogens with one attached hydrogen (secondary N) is 2. The van der Waals surface area contributed by atoms with Gasteiger partial charge in [-0.25, -0.2) is 8.42 Å². The van der Waals surface area contributed by atoms with E-state index in [0.29, 0.717) is 35.2 Å². The van der Waals surface area contributed by atoms with Crippen molar-refractivity contribution in [1.82, 2.24) is 0 Å². The van der Waals surface area contributed by atoms with Gasteiger partial charge in [-0.1, -0.05) is 47.5 Å². The molecule has 1 amide bonds. The highest BCUT2D eigenvalue weighted by Crippen LogP contribution is 2.26. The van der Waals surface area contributed by atoms with E-state index in [0.717, 1.165) is 15.6 Å². The lowest BCUT2D eigenvalue weighted by atomic mass is 10.1. The summed E-state index contributed by atoms with van der Waals surface area (Å²) in [5.74, 6) is 0.455. The predicted molar refractivity (Wildman–Crippen MR) is 136 cm³/mol. The summed E-state index contributed by atoms with van der Waals surface area (Å²) in [5.41, 5.74) is 3.28. The van der Waals surface area contributed by atoms with Crippen molar-refractivity contribution in [2.75, 3.05) is 16.6 Å². The fraction of sp³-hybridized carbons (Fsp3) is 0.240. The van der Waals surface area contributed by atoms with Crippen molar-refractivity contribution in [3.8, 4) is 5.75 Å². The van der Waals surface area contributed by atoms with E-state index < -0.39 is 10.0 Å². The molecule has 0 unspecified atom stereocenters. The zero-order chi connectivity index (χ0) is 24.2. The summed E-state index contributed by atoms with van der Waals surface area (Å²) in [6.07, 6.45) is 0. The number of amides is 1. The lowest BCUT2D eigenvalue weighted by Gasteiger charge is -2.14. The van der Waals surface area contributed by atoms with E-state index in [9.17, 15) is 13.2 Å². The van der Waals surface area contributed by atoms with E-state index in [1.54, 1.807) is 30.3 Å². The van der Waals surface area contributed by atoms with Crippen LogP contribution in [0.1, 0.15) is 35.3 Å². The van der Waals surface area contributed by atoms with Gasteiger partial charge < -0.3 is 10.1 Å². The SMILES string of the molecule is Cc1ccc(NS(=O)(=O)c2ccc(NC(=O)c3cc(Br)ccc3OCC(C)C)cc2)c(C)c1. The maximum absolute atomic E-state index is 12.9. The molecule has 3 aromatic rings. The third-order valence-electron chi connectivity index (χ3n) is 4.81. The molecule has 3 aromatic carbocycles. The molecule has 0 spiro atoms. The number of aryl methyl sites for hydroxylation is 2. The Balaban J connectivity index is 1.75. The summed E-state index contributed by atoms with van der Waals surface area (Å²) in [6.45, 7) is 8.35. The second-order valence-electron chi connectivity index (χ2n) is 8.25. The number of carbonyl (C=O) groups is 1. The minimum Gasteiger partial charge on any atom is -0.492 e. The van der Waals surface area contributed by atoms with E-state index >= 15 is 0 Å². The lowest BCUT2D eigenvalue weighted by molar-refractivity contribution is 0.102. The fourth-order valence-electron chi connectivity index (χ4n) is 3.11. The Hall–Kier alpha value is -2.84. The number of hydrogen-bond acceptors (Lipinski definition) is 4. The van der Waals surface area contributed by atoms with Crippen LogP contribution in [-0.4, -0.2) is 20.9 Å². The first kappa shape index (κ1) is 24.8. The minimum absolute atomic E-state index is 0.101. The first-order valence-corrected chi connectivity index (χ1v) is 12.8. The van der Waals surface area contributed by atoms with Crippen LogP contribution in [0.2, 0.25) is 0 Å². The number of anilines is 2. The van der Waals surface area contributed by atoms with Gasteiger partial charge in [-0.15, -0.1) is 0 Å². The molecule has 0 heterocycles. The molecule has 2 N–H and O–H groups in total. The van der Waals surface area contributed by atoms with E-state index in [1.165, 1.54) is 12.1 Å². The summed E-state index contributed by atoms with van der Waals surface area (Å²) < 4.78 is 34.7. The first-order valence-electron chi connectivity index (χ1n) is 10.5. The van der Waals surface area contributed by atoms with Gasteiger partial charge in [-0.05, 0) is 73.9 Å². The number of ether oxygens (including phenoxy) is 1. The summed E-state index contributed by atoms with van der Waals surface area (Å²) in [7, 11) is -3.76. The Labute approximate surface area is 203 Å². The van der Waals surface area contributed by atoms with E-state index in [-0.39, 0.29) is 10.8 Å². The van der Waals surface area contributed by atoms with Crippen LogP contribution in [0.3, 0.4) is 0 Å². The molecular weight excluding hydrogens is 504 g/mol. The summed E-state index contributed by atoms with van der Waals surface area (Å²) in [6, 6.07) is 16.8. The smallest absolute Gasteiger partial charge is 0.261 e. The molecule has 0 fully saturated rings. The van der Waals surface area contributed by atoms with Gasteiger partial charge in [0.15, 0.2) is 0 Å². The maximum Gasteiger partial charge on any atom is 0.261 e. The quantitative estimate of drug-likeness (QED) is 0.365. The van der Waals surface area contributed by atoms with Gasteiger partial charge >= 0.3 is 0 Å². The van der Waals surface area contributed by atoms with Gasteiger partial charge in [0, 0.05) is 10.2 Å². The van der Waals surface area contributed by atoms with Crippen LogP contribution in [-0.2, 0) is 10.0 Å². The third-order valence-corrected chi connectivity index (χ3v) is 6.68. The molecule has 174 valence electrons. The largest absolute Gasteiger partial charge is 0.492 e. The Morgan fingerprint density at radius 2 is 1.70 bits per heavy atom. The van der Waals surface area contributed by atoms with Gasteiger partial charge in [-0.3, -0.25) is 9.52 Å². The molecular formula is C25H27BrN2O4S. The Kier molecular flexibility index (Phi) is 7.81. The molecule has 0 radical (unpaired) electrons. The van der Waals surface area contributed by atoms with Crippen molar-refractivity contribution in [2.45, 2.75) is 32.6 Å². The average Bonchev–Trinajstić information content (AvgIpc) is 2.75. The van der Waals surface area contributed by atoms with Crippen molar-refractivity contribution in [2.24, 2.45) is 5.92 Å². The third kappa shape index (κ3) is 6.58. The van der Waals surface area contributed by atoms with Gasteiger partial charge in [-0.2, -0.15) is 0 Å². The molecule has 0 atom stereocenters. The molecule has 0 saturated heterocycles. The zero-order valence-electron chi connectivity index (χ0n) is 19.0. The second kappa shape index (κ2) is 10.4. The number of halogens is 1. The Morgan fingerprint density at radius 3 is 2.33 bits per heavy atom. The lowest BCUT2D eigenvalue weighted by Crippen LogP contribution is -2.16. The van der Waals surface area contributed by atoms with E-state index in [2.05, 4.69) is 26.0 Å². The number of carbonyl (C=O) groups excluding carboxylic acids is 1. The highest BCUT2D eigenvalue weighted by atomic mass is 79.9. The van der Waals surface area contributed by atoms with Crippen molar-refractivity contribution in [1.29, 1.82) is 0 Å². The van der Waals surface area contributed by atoms with Crippen molar-refractivity contribution in [3.05, 3.63) is 81.8 Å². The average molecular weight is 531 g/mol. The molecule has 0 bridgehead atoms. The van der Waals surface area contributed by atoms with Crippen LogP contribution in [0.15, 0.2) is 70.0 Å². The molecule has 3 rings (SSSR count). The van der Waals surface area contributed by atoms with Gasteiger partial charge in [0.2, 0.25) is 0 Å². The van der Waals surface area contributed by atoms with Crippen LogP contribution in [0.4, 0.5) is 11.4 Å². The van der Waals surface area contributed by atoms with Crippen LogP contribution in [0.5, 0.6) is 5.75 Å².